The van der Waals surface area contributed by atoms with E-state index in [2.05, 4.69) is 35.1 Å². The van der Waals surface area contributed by atoms with Crippen LogP contribution in [0.5, 0.6) is 0 Å². The predicted octanol–water partition coefficient (Wildman–Crippen LogP) is 3.08. The van der Waals surface area contributed by atoms with Crippen LogP contribution in [0, 0.1) is 6.92 Å². The molecule has 0 amide bonds. The Morgan fingerprint density at radius 3 is 2.86 bits per heavy atom. The van der Waals surface area contributed by atoms with Gasteiger partial charge in [-0.25, -0.2) is 9.78 Å². The Bertz CT molecular complexity index is 906. The number of benzene rings is 1. The maximum Gasteiger partial charge on any atom is 0.441 e. The van der Waals surface area contributed by atoms with Crippen molar-refractivity contribution in [3.05, 3.63) is 58.2 Å². The molecule has 0 fully saturated rings. The lowest BCUT2D eigenvalue weighted by Crippen LogP contribution is -1.98. The first-order valence-electron chi connectivity index (χ1n) is 6.36. The van der Waals surface area contributed by atoms with Crippen molar-refractivity contribution in [2.75, 3.05) is 0 Å². The second-order valence-electron chi connectivity index (χ2n) is 4.56. The average molecular weight is 299 g/mol. The molecule has 0 atom stereocenters. The van der Waals surface area contributed by atoms with Crippen LogP contribution < -0.4 is 5.76 Å². The lowest BCUT2D eigenvalue weighted by atomic mass is 10.2. The van der Waals surface area contributed by atoms with E-state index in [1.54, 1.807) is 28.0 Å². The Labute approximate surface area is 124 Å². The lowest BCUT2D eigenvalue weighted by molar-refractivity contribution is 0.530. The van der Waals surface area contributed by atoms with Crippen LogP contribution in [0.3, 0.4) is 0 Å². The van der Waals surface area contributed by atoms with Gasteiger partial charge in [-0.2, -0.15) is 4.98 Å². The Balaban J connectivity index is 0.000000126. The van der Waals surface area contributed by atoms with Crippen molar-refractivity contribution in [3.63, 3.8) is 0 Å². The first-order valence-corrected chi connectivity index (χ1v) is 7.24. The number of nitrogens with zero attached hydrogens (tertiary/aromatic N) is 3. The number of pyridine rings is 1. The van der Waals surface area contributed by atoms with E-state index in [0.717, 1.165) is 5.52 Å². The van der Waals surface area contributed by atoms with Gasteiger partial charge in [0.2, 0.25) is 0 Å². The van der Waals surface area contributed by atoms with Crippen molar-refractivity contribution in [1.82, 2.24) is 14.5 Å². The summed E-state index contributed by atoms with van der Waals surface area (Å²) < 4.78 is 7.78. The smallest absolute Gasteiger partial charge is 0.405 e. The molecule has 0 saturated heterocycles. The molecule has 0 radical (unpaired) electrons. The minimum absolute atomic E-state index is 0.528. The molecule has 106 valence electrons. The van der Waals surface area contributed by atoms with Gasteiger partial charge in [0.15, 0.2) is 11.6 Å². The van der Waals surface area contributed by atoms with Crippen molar-refractivity contribution in [2.45, 2.75) is 6.92 Å². The molecule has 0 spiro atoms. The van der Waals surface area contributed by atoms with Crippen molar-refractivity contribution in [1.29, 1.82) is 0 Å². The van der Waals surface area contributed by atoms with E-state index in [0.29, 0.717) is 11.6 Å². The number of para-hydroxylation sites is 1. The molecule has 21 heavy (non-hydrogen) atoms. The number of thiazole rings is 1. The lowest BCUT2D eigenvalue weighted by Gasteiger charge is -1.99. The van der Waals surface area contributed by atoms with E-state index in [1.165, 1.54) is 10.3 Å². The maximum atomic E-state index is 10.6. The fourth-order valence-corrected chi connectivity index (χ4v) is 2.78. The molecule has 0 bridgehead atoms. The number of rotatable bonds is 0. The van der Waals surface area contributed by atoms with Gasteiger partial charge >= 0.3 is 5.76 Å². The molecule has 2 aliphatic rings. The van der Waals surface area contributed by atoms with Gasteiger partial charge in [0.1, 0.15) is 0 Å². The summed E-state index contributed by atoms with van der Waals surface area (Å²) in [5.41, 5.74) is 4.30. The quantitative estimate of drug-likeness (QED) is 0.500. The van der Waals surface area contributed by atoms with Crippen LogP contribution in [0.25, 0.3) is 21.8 Å². The third-order valence-electron chi connectivity index (χ3n) is 3.07. The van der Waals surface area contributed by atoms with Crippen LogP contribution in [0.1, 0.15) is 5.56 Å². The summed E-state index contributed by atoms with van der Waals surface area (Å²) in [6.45, 7) is 2.09. The van der Waals surface area contributed by atoms with Crippen molar-refractivity contribution in [2.24, 2.45) is 7.05 Å². The van der Waals surface area contributed by atoms with E-state index >= 15 is 0 Å². The Kier molecular flexibility index (Phi) is 3.53. The highest BCUT2D eigenvalue weighted by Crippen LogP contribution is 2.19. The average Bonchev–Trinajstić information content (AvgIpc) is 3.06. The van der Waals surface area contributed by atoms with Gasteiger partial charge in [-0.15, -0.1) is 11.3 Å². The molecule has 0 unspecified atom stereocenters. The fourth-order valence-electron chi connectivity index (χ4n) is 2.02. The molecule has 0 aliphatic carbocycles. The highest BCUT2D eigenvalue weighted by Gasteiger charge is 2.10. The molecular weight excluding hydrogens is 286 g/mol. The molecule has 5 nitrogen and oxygen atoms in total. The number of hydrogen-bond acceptors (Lipinski definition) is 5. The third-order valence-corrected chi connectivity index (χ3v) is 3.86. The first-order chi connectivity index (χ1) is 10.1. The number of oxazole rings is 1. The molecule has 1 aromatic carbocycles. The zero-order valence-electron chi connectivity index (χ0n) is 11.6. The first kappa shape index (κ1) is 13.5. The highest BCUT2D eigenvalue weighted by atomic mass is 32.1. The van der Waals surface area contributed by atoms with Crippen LogP contribution in [-0.4, -0.2) is 14.5 Å². The monoisotopic (exact) mass is 299 g/mol. The summed E-state index contributed by atoms with van der Waals surface area (Å²) in [5.74, 6) is 0.569. The van der Waals surface area contributed by atoms with Crippen LogP contribution in [-0.2, 0) is 7.05 Å². The van der Waals surface area contributed by atoms with Crippen molar-refractivity contribution in [3.8, 4) is 11.6 Å². The standard InChI is InChI=1S/C8H7NS.C7H6N2O2/c1-6-3-2-4-7-8(6)9-5-10-7;1-9-4-2-3-5-6(9)8-7(10)11-5/h2-5H,1H3;2-4H,1H3. The maximum absolute atomic E-state index is 10.6. The van der Waals surface area contributed by atoms with Gasteiger partial charge in [-0.1, -0.05) is 12.1 Å². The van der Waals surface area contributed by atoms with Crippen LogP contribution in [0.2, 0.25) is 0 Å². The number of fused-ring (bicyclic) bond motifs is 2. The number of aryl methyl sites for hydroxylation is 2. The van der Waals surface area contributed by atoms with E-state index in [9.17, 15) is 4.79 Å². The number of hydrogen-bond donors (Lipinski definition) is 0. The summed E-state index contributed by atoms with van der Waals surface area (Å²) in [6.07, 6.45) is 1.81. The minimum Gasteiger partial charge on any atom is -0.405 e. The summed E-state index contributed by atoms with van der Waals surface area (Å²) in [4.78, 5) is 18.5. The van der Waals surface area contributed by atoms with E-state index in [1.807, 2.05) is 18.8 Å². The van der Waals surface area contributed by atoms with Gasteiger partial charge in [-0.3, -0.25) is 0 Å². The second-order valence-corrected chi connectivity index (χ2v) is 5.45. The molecule has 6 heteroatoms. The third kappa shape index (κ3) is 2.71. The van der Waals surface area contributed by atoms with Gasteiger partial charge in [0.25, 0.3) is 0 Å². The van der Waals surface area contributed by atoms with Gasteiger partial charge in [0.05, 0.1) is 15.7 Å². The summed E-state index contributed by atoms with van der Waals surface area (Å²) in [7, 11) is 1.81. The van der Waals surface area contributed by atoms with Gasteiger partial charge in [0, 0.05) is 13.2 Å². The summed E-state index contributed by atoms with van der Waals surface area (Å²) in [6, 6.07) is 9.76. The van der Waals surface area contributed by atoms with Gasteiger partial charge < -0.3 is 8.98 Å². The van der Waals surface area contributed by atoms with E-state index in [-0.39, 0.29) is 0 Å². The highest BCUT2D eigenvalue weighted by molar-refractivity contribution is 7.16. The molecule has 2 aliphatic heterocycles. The van der Waals surface area contributed by atoms with Crippen molar-refractivity contribution >= 4 is 21.6 Å². The Morgan fingerprint density at radius 1 is 1.24 bits per heavy atom. The summed E-state index contributed by atoms with van der Waals surface area (Å²) in [5, 5.41) is 0. The zero-order valence-corrected chi connectivity index (χ0v) is 12.4. The molecule has 0 saturated carbocycles. The van der Waals surface area contributed by atoms with Crippen LogP contribution in [0.4, 0.5) is 0 Å². The Hall–Kier alpha value is -2.47. The zero-order chi connectivity index (χ0) is 14.8. The minimum atomic E-state index is -0.540. The van der Waals surface area contributed by atoms with Crippen molar-refractivity contribution < 1.29 is 4.42 Å². The second kappa shape index (κ2) is 5.49. The molecular formula is C15H13N3O2S. The number of aromatic nitrogens is 3. The summed E-state index contributed by atoms with van der Waals surface area (Å²) >= 11 is 1.69. The van der Waals surface area contributed by atoms with Crippen LogP contribution >= 0.6 is 11.3 Å². The topological polar surface area (TPSA) is 60.9 Å². The fraction of sp³-hybridized carbons (Fsp3) is 0.133. The Morgan fingerprint density at radius 2 is 2.10 bits per heavy atom. The molecule has 0 N–H and O–H groups in total. The van der Waals surface area contributed by atoms with E-state index < -0.39 is 5.76 Å². The predicted molar refractivity (Wildman–Crippen MR) is 82.7 cm³/mol. The normalized spacial score (nSPS) is 10.6. The molecule has 3 heterocycles. The molecule has 1 aromatic heterocycles. The van der Waals surface area contributed by atoms with Gasteiger partial charge in [-0.05, 0) is 30.7 Å². The largest absolute Gasteiger partial charge is 0.441 e. The SMILES string of the molecule is Cc1cccc2scnc12.Cn1cccc2oc(=O)nc1-2. The molecule has 4 rings (SSSR count). The van der Waals surface area contributed by atoms with E-state index in [4.69, 9.17) is 4.42 Å². The molecule has 2 aromatic rings. The van der Waals surface area contributed by atoms with Crippen LogP contribution in [0.15, 0.2) is 51.3 Å².